The first-order valence-corrected chi connectivity index (χ1v) is 9.51. The molecule has 0 aliphatic carbocycles. The van der Waals surface area contributed by atoms with E-state index in [0.717, 1.165) is 51.0 Å². The van der Waals surface area contributed by atoms with Crippen molar-refractivity contribution in [1.82, 2.24) is 10.2 Å². The predicted octanol–water partition coefficient (Wildman–Crippen LogP) is 1.74. The fourth-order valence-electron chi connectivity index (χ4n) is 3.97. The maximum absolute atomic E-state index is 12.8. The number of nitrogens with zero attached hydrogens (tertiary/aromatic N) is 1. The molecule has 2 N–H and O–H groups in total. The van der Waals surface area contributed by atoms with Crippen molar-refractivity contribution < 1.29 is 14.6 Å². The highest BCUT2D eigenvalue weighted by molar-refractivity contribution is 5.82. The van der Waals surface area contributed by atoms with Crippen LogP contribution in [0.1, 0.15) is 38.2 Å². The molecule has 0 spiro atoms. The van der Waals surface area contributed by atoms with Gasteiger partial charge in [-0.25, -0.2) is 0 Å². The minimum Gasteiger partial charge on any atom is -0.391 e. The molecule has 3 rings (SSSR count). The molecule has 3 unspecified atom stereocenters. The Bertz CT molecular complexity index is 545. The summed E-state index contributed by atoms with van der Waals surface area (Å²) >= 11 is 0. The van der Waals surface area contributed by atoms with E-state index in [-0.39, 0.29) is 18.0 Å². The van der Waals surface area contributed by atoms with Crippen LogP contribution in [0.15, 0.2) is 30.3 Å². The van der Waals surface area contributed by atoms with Gasteiger partial charge in [0.15, 0.2) is 0 Å². The molecule has 2 aliphatic rings. The Morgan fingerprint density at radius 3 is 2.72 bits per heavy atom. The van der Waals surface area contributed by atoms with Crippen LogP contribution in [-0.4, -0.2) is 59.9 Å². The summed E-state index contributed by atoms with van der Waals surface area (Å²) in [6, 6.07) is 10.0. The summed E-state index contributed by atoms with van der Waals surface area (Å²) in [4.78, 5) is 15.1. The average molecular weight is 346 g/mol. The van der Waals surface area contributed by atoms with Crippen molar-refractivity contribution in [2.75, 3.05) is 19.8 Å². The molecule has 2 saturated heterocycles. The zero-order valence-electron chi connectivity index (χ0n) is 15.1. The van der Waals surface area contributed by atoms with E-state index in [0.29, 0.717) is 12.5 Å². The lowest BCUT2D eigenvalue weighted by atomic mass is 10.0. The van der Waals surface area contributed by atoms with Gasteiger partial charge in [0.2, 0.25) is 5.91 Å². The van der Waals surface area contributed by atoms with Gasteiger partial charge < -0.3 is 15.2 Å². The van der Waals surface area contributed by atoms with E-state index in [1.807, 2.05) is 37.3 Å². The van der Waals surface area contributed by atoms with Crippen molar-refractivity contribution >= 4 is 5.91 Å². The maximum atomic E-state index is 12.8. The van der Waals surface area contributed by atoms with Crippen molar-refractivity contribution in [3.05, 3.63) is 35.9 Å². The Hall–Kier alpha value is -1.43. The van der Waals surface area contributed by atoms with Gasteiger partial charge in [0, 0.05) is 25.7 Å². The number of benzene rings is 1. The normalized spacial score (nSPS) is 24.8. The van der Waals surface area contributed by atoms with Gasteiger partial charge in [-0.1, -0.05) is 30.3 Å². The van der Waals surface area contributed by atoms with Gasteiger partial charge in [0.1, 0.15) is 0 Å². The molecule has 138 valence electrons. The molecule has 0 aromatic heterocycles. The number of carbonyl (C=O) groups excluding carboxylic acids is 1. The minimum absolute atomic E-state index is 0.0589. The van der Waals surface area contributed by atoms with Crippen LogP contribution in [0.5, 0.6) is 0 Å². The van der Waals surface area contributed by atoms with Crippen molar-refractivity contribution in [1.29, 1.82) is 0 Å². The van der Waals surface area contributed by atoms with Gasteiger partial charge in [-0.15, -0.1) is 0 Å². The Balaban J connectivity index is 1.53. The zero-order valence-corrected chi connectivity index (χ0v) is 15.1. The molecule has 5 nitrogen and oxygen atoms in total. The van der Waals surface area contributed by atoms with Gasteiger partial charge in [-0.3, -0.25) is 9.69 Å². The number of likely N-dealkylation sites (tertiary alicyclic amines) is 1. The summed E-state index contributed by atoms with van der Waals surface area (Å²) in [6.45, 7) is 4.46. The second kappa shape index (κ2) is 8.79. The van der Waals surface area contributed by atoms with Crippen LogP contribution in [0.4, 0.5) is 0 Å². The Morgan fingerprint density at radius 1 is 1.28 bits per heavy atom. The number of rotatable bonds is 6. The first kappa shape index (κ1) is 18.4. The number of nitrogens with one attached hydrogen (secondary N) is 1. The van der Waals surface area contributed by atoms with Crippen molar-refractivity contribution in [3.63, 3.8) is 0 Å². The first-order valence-electron chi connectivity index (χ1n) is 9.51. The van der Waals surface area contributed by atoms with E-state index >= 15 is 0 Å². The summed E-state index contributed by atoms with van der Waals surface area (Å²) in [5.41, 5.74) is 1.08. The molecule has 1 aromatic rings. The van der Waals surface area contributed by atoms with E-state index < -0.39 is 6.10 Å². The lowest BCUT2D eigenvalue weighted by Gasteiger charge is -2.35. The van der Waals surface area contributed by atoms with E-state index in [9.17, 15) is 9.90 Å². The maximum Gasteiger partial charge on any atom is 0.237 e. The van der Waals surface area contributed by atoms with Gasteiger partial charge in [-0.05, 0) is 44.7 Å². The average Bonchev–Trinajstić information content (AvgIpc) is 3.13. The highest BCUT2D eigenvalue weighted by atomic mass is 16.5. The molecule has 5 heteroatoms. The number of hydrogen-bond acceptors (Lipinski definition) is 4. The molecule has 2 fully saturated rings. The molecule has 25 heavy (non-hydrogen) atoms. The molecule has 1 aromatic carbocycles. The summed E-state index contributed by atoms with van der Waals surface area (Å²) in [6.07, 6.45) is 3.97. The van der Waals surface area contributed by atoms with Gasteiger partial charge in [0.25, 0.3) is 0 Å². The minimum atomic E-state index is -0.579. The van der Waals surface area contributed by atoms with Gasteiger partial charge in [0.05, 0.1) is 18.2 Å². The van der Waals surface area contributed by atoms with E-state index in [4.69, 9.17) is 4.74 Å². The molecular formula is C20H30N2O3. The Kier molecular flexibility index (Phi) is 6.45. The smallest absolute Gasteiger partial charge is 0.237 e. The van der Waals surface area contributed by atoms with Crippen LogP contribution in [0.3, 0.4) is 0 Å². The van der Waals surface area contributed by atoms with Crippen molar-refractivity contribution in [2.24, 2.45) is 0 Å². The molecule has 0 saturated carbocycles. The molecule has 3 atom stereocenters. The monoisotopic (exact) mass is 346 g/mol. The topological polar surface area (TPSA) is 61.8 Å². The summed E-state index contributed by atoms with van der Waals surface area (Å²) in [5, 5.41) is 13.5. The van der Waals surface area contributed by atoms with Gasteiger partial charge in [-0.2, -0.15) is 0 Å². The predicted molar refractivity (Wildman–Crippen MR) is 97.3 cm³/mol. The van der Waals surface area contributed by atoms with E-state index in [2.05, 4.69) is 10.2 Å². The third kappa shape index (κ3) is 4.81. The van der Waals surface area contributed by atoms with Crippen LogP contribution in [0.25, 0.3) is 0 Å². The highest BCUT2D eigenvalue weighted by Crippen LogP contribution is 2.25. The third-order valence-electron chi connectivity index (χ3n) is 5.49. The molecule has 0 bridgehead atoms. The lowest BCUT2D eigenvalue weighted by Crippen LogP contribution is -2.53. The number of aliphatic hydroxyl groups excluding tert-OH is 1. The van der Waals surface area contributed by atoms with E-state index in [1.165, 1.54) is 0 Å². The van der Waals surface area contributed by atoms with Crippen LogP contribution < -0.4 is 5.32 Å². The number of aliphatic hydroxyl groups is 1. The number of carbonyl (C=O) groups is 1. The number of hydrogen-bond donors (Lipinski definition) is 2. The second-order valence-electron chi connectivity index (χ2n) is 7.29. The summed E-state index contributed by atoms with van der Waals surface area (Å²) in [5.74, 6) is 0.0589. The second-order valence-corrected chi connectivity index (χ2v) is 7.29. The fourth-order valence-corrected chi connectivity index (χ4v) is 3.97. The van der Waals surface area contributed by atoms with Crippen LogP contribution >= 0.6 is 0 Å². The number of ether oxygens (including phenoxy) is 1. The van der Waals surface area contributed by atoms with Crippen molar-refractivity contribution in [3.8, 4) is 0 Å². The lowest BCUT2D eigenvalue weighted by molar-refractivity contribution is -0.128. The zero-order chi connectivity index (χ0) is 17.6. The van der Waals surface area contributed by atoms with Gasteiger partial charge >= 0.3 is 0 Å². The third-order valence-corrected chi connectivity index (χ3v) is 5.49. The first-order chi connectivity index (χ1) is 12.1. The highest BCUT2D eigenvalue weighted by Gasteiger charge is 2.36. The number of amides is 1. The Labute approximate surface area is 150 Å². The fraction of sp³-hybridized carbons (Fsp3) is 0.650. The summed E-state index contributed by atoms with van der Waals surface area (Å²) < 4.78 is 5.45. The van der Waals surface area contributed by atoms with Crippen molar-refractivity contribution in [2.45, 2.75) is 63.3 Å². The Morgan fingerprint density at radius 2 is 2.00 bits per heavy atom. The van der Waals surface area contributed by atoms with Crippen LogP contribution in [0.2, 0.25) is 0 Å². The van der Waals surface area contributed by atoms with E-state index in [1.54, 1.807) is 0 Å². The quantitative estimate of drug-likeness (QED) is 0.824. The SMILES string of the molecule is CC(NC(=O)C1CCCN1C1CCOCC1)C(O)Cc1ccccc1. The molecule has 1 amide bonds. The largest absolute Gasteiger partial charge is 0.391 e. The molecular weight excluding hydrogens is 316 g/mol. The molecule has 0 radical (unpaired) electrons. The van der Waals surface area contributed by atoms with Crippen LogP contribution in [-0.2, 0) is 16.0 Å². The standard InChI is InChI=1S/C20H30N2O3/c1-15(19(23)14-16-6-3-2-4-7-16)21-20(24)18-8-5-11-22(18)17-9-12-25-13-10-17/h2-4,6-7,15,17-19,23H,5,8-14H2,1H3,(H,21,24). The molecule has 2 heterocycles. The van der Waals surface area contributed by atoms with Crippen LogP contribution in [0, 0.1) is 0 Å². The summed E-state index contributed by atoms with van der Waals surface area (Å²) in [7, 11) is 0. The molecule has 2 aliphatic heterocycles.